The van der Waals surface area contributed by atoms with Gasteiger partial charge >= 0.3 is 0 Å². The number of rotatable bonds is 4. The number of amides is 1. The maximum Gasteiger partial charge on any atom is 0.221 e. The van der Waals surface area contributed by atoms with E-state index < -0.39 is 0 Å². The number of nitrogens with one attached hydrogen (secondary N) is 1. The monoisotopic (exact) mass is 284 g/mol. The molecule has 0 aliphatic carbocycles. The smallest absolute Gasteiger partial charge is 0.221 e. The lowest BCUT2D eigenvalue weighted by atomic mass is 10.0. The number of carbonyl (C=O) groups is 1. The number of nitrogens with zero attached hydrogens (tertiary/aromatic N) is 1. The number of carbonyl (C=O) groups excluding carboxylic acids is 1. The molecule has 19 heavy (non-hydrogen) atoms. The number of aryl methyl sites for hydroxylation is 2. The Morgan fingerprint density at radius 3 is 2.11 bits per heavy atom. The van der Waals surface area contributed by atoms with Gasteiger partial charge in [-0.15, -0.1) is 12.4 Å². The molecule has 0 saturated heterocycles. The summed E-state index contributed by atoms with van der Waals surface area (Å²) >= 11 is 0. The topological polar surface area (TPSA) is 32.3 Å². The van der Waals surface area contributed by atoms with Crippen molar-refractivity contribution < 1.29 is 4.79 Å². The summed E-state index contributed by atoms with van der Waals surface area (Å²) in [6.07, 6.45) is 0. The van der Waals surface area contributed by atoms with Gasteiger partial charge in [-0.25, -0.2) is 0 Å². The highest BCUT2D eigenvalue weighted by atomic mass is 35.5. The van der Waals surface area contributed by atoms with E-state index in [-0.39, 0.29) is 18.3 Å². The number of benzene rings is 1. The molecular formula is C15H25ClN2O. The van der Waals surface area contributed by atoms with E-state index in [2.05, 4.69) is 44.0 Å². The van der Waals surface area contributed by atoms with Crippen molar-refractivity contribution in [3.63, 3.8) is 0 Å². The molecule has 0 saturated carbocycles. The summed E-state index contributed by atoms with van der Waals surface area (Å²) in [5.74, 6) is -0.0180. The molecule has 0 radical (unpaired) electrons. The van der Waals surface area contributed by atoms with Gasteiger partial charge in [-0.3, -0.25) is 4.79 Å². The molecule has 0 heterocycles. The highest BCUT2D eigenvalue weighted by Crippen LogP contribution is 2.33. The number of hydrogen-bond donors (Lipinski definition) is 1. The molecular weight excluding hydrogens is 260 g/mol. The molecule has 4 heteroatoms. The van der Waals surface area contributed by atoms with Gasteiger partial charge in [-0.2, -0.15) is 0 Å². The molecule has 108 valence electrons. The van der Waals surface area contributed by atoms with Crippen LogP contribution in [0.4, 0.5) is 11.4 Å². The molecule has 0 unspecified atom stereocenters. The molecule has 1 aromatic rings. The largest absolute Gasteiger partial charge is 0.372 e. The number of hydrogen-bond acceptors (Lipinski definition) is 2. The molecule has 0 aliphatic heterocycles. The SMILES string of the molecule is CCN(CC)c1c(C)cc(C)c(NC(C)=O)c1C.Cl. The molecule has 0 fully saturated rings. The van der Waals surface area contributed by atoms with E-state index in [0.29, 0.717) is 0 Å². The van der Waals surface area contributed by atoms with Crippen molar-refractivity contribution in [1.82, 2.24) is 0 Å². The fraction of sp³-hybridized carbons (Fsp3) is 0.533. The first-order chi connectivity index (χ1) is 8.42. The molecule has 0 atom stereocenters. The Morgan fingerprint density at radius 2 is 1.68 bits per heavy atom. The molecule has 3 nitrogen and oxygen atoms in total. The van der Waals surface area contributed by atoms with Crippen LogP contribution in [0.25, 0.3) is 0 Å². The van der Waals surface area contributed by atoms with E-state index in [0.717, 1.165) is 29.9 Å². The van der Waals surface area contributed by atoms with Crippen LogP contribution < -0.4 is 10.2 Å². The van der Waals surface area contributed by atoms with Crippen molar-refractivity contribution in [2.45, 2.75) is 41.5 Å². The van der Waals surface area contributed by atoms with E-state index >= 15 is 0 Å². The molecule has 1 N–H and O–H groups in total. The molecule has 0 aromatic heterocycles. The fourth-order valence-corrected chi connectivity index (χ4v) is 2.57. The van der Waals surface area contributed by atoms with Gasteiger partial charge < -0.3 is 10.2 Å². The minimum Gasteiger partial charge on any atom is -0.372 e. The van der Waals surface area contributed by atoms with Gasteiger partial charge in [0.15, 0.2) is 0 Å². The van der Waals surface area contributed by atoms with Crippen molar-refractivity contribution in [3.8, 4) is 0 Å². The van der Waals surface area contributed by atoms with Gasteiger partial charge in [0.25, 0.3) is 0 Å². The first-order valence-electron chi connectivity index (χ1n) is 6.55. The highest BCUT2D eigenvalue weighted by Gasteiger charge is 2.15. The van der Waals surface area contributed by atoms with Gasteiger partial charge in [0.1, 0.15) is 0 Å². The third kappa shape index (κ3) is 3.87. The van der Waals surface area contributed by atoms with Crippen LogP contribution in [0.15, 0.2) is 6.07 Å². The lowest BCUT2D eigenvalue weighted by molar-refractivity contribution is -0.114. The Hall–Kier alpha value is -1.22. The van der Waals surface area contributed by atoms with Gasteiger partial charge in [-0.05, 0) is 51.3 Å². The average Bonchev–Trinajstić information content (AvgIpc) is 2.29. The number of anilines is 2. The molecule has 1 amide bonds. The Balaban J connectivity index is 0.00000324. The maximum absolute atomic E-state index is 11.3. The predicted molar refractivity (Wildman–Crippen MR) is 85.8 cm³/mol. The minimum absolute atomic E-state index is 0. The van der Waals surface area contributed by atoms with E-state index in [1.807, 2.05) is 6.92 Å². The fourth-order valence-electron chi connectivity index (χ4n) is 2.57. The van der Waals surface area contributed by atoms with Crippen molar-refractivity contribution in [2.24, 2.45) is 0 Å². The predicted octanol–water partition coefficient (Wildman–Crippen LogP) is 3.84. The molecule has 1 aromatic carbocycles. The second-order valence-electron chi connectivity index (χ2n) is 4.71. The van der Waals surface area contributed by atoms with Crippen molar-refractivity contribution in [1.29, 1.82) is 0 Å². The summed E-state index contributed by atoms with van der Waals surface area (Å²) < 4.78 is 0. The normalized spacial score (nSPS) is 9.79. The van der Waals surface area contributed by atoms with Gasteiger partial charge in [0.05, 0.1) is 0 Å². The third-order valence-electron chi connectivity index (χ3n) is 3.31. The Bertz CT molecular complexity index is 454. The summed E-state index contributed by atoms with van der Waals surface area (Å²) in [7, 11) is 0. The van der Waals surface area contributed by atoms with Crippen LogP contribution in [0.3, 0.4) is 0 Å². The van der Waals surface area contributed by atoms with Gasteiger partial charge in [0, 0.05) is 31.4 Å². The molecule has 0 bridgehead atoms. The van der Waals surface area contributed by atoms with E-state index in [4.69, 9.17) is 0 Å². The van der Waals surface area contributed by atoms with Crippen LogP contribution >= 0.6 is 12.4 Å². The quantitative estimate of drug-likeness (QED) is 0.911. The Kier molecular flexibility index (Phi) is 6.91. The second-order valence-corrected chi connectivity index (χ2v) is 4.71. The summed E-state index contributed by atoms with van der Waals surface area (Å²) in [6, 6.07) is 2.14. The lowest BCUT2D eigenvalue weighted by Crippen LogP contribution is -2.24. The Morgan fingerprint density at radius 1 is 1.16 bits per heavy atom. The summed E-state index contributed by atoms with van der Waals surface area (Å²) in [5, 5.41) is 2.95. The van der Waals surface area contributed by atoms with Crippen molar-refractivity contribution in [3.05, 3.63) is 22.8 Å². The average molecular weight is 285 g/mol. The van der Waals surface area contributed by atoms with Crippen LogP contribution in [0.1, 0.15) is 37.5 Å². The van der Waals surface area contributed by atoms with Crippen LogP contribution in [-0.4, -0.2) is 19.0 Å². The van der Waals surface area contributed by atoms with E-state index in [1.54, 1.807) is 6.92 Å². The third-order valence-corrected chi connectivity index (χ3v) is 3.31. The zero-order chi connectivity index (χ0) is 13.9. The maximum atomic E-state index is 11.3. The van der Waals surface area contributed by atoms with E-state index in [1.165, 1.54) is 11.3 Å². The first kappa shape index (κ1) is 17.8. The first-order valence-corrected chi connectivity index (χ1v) is 6.55. The zero-order valence-electron chi connectivity index (χ0n) is 12.8. The summed E-state index contributed by atoms with van der Waals surface area (Å²) in [6.45, 7) is 14.1. The minimum atomic E-state index is -0.0180. The second kappa shape index (κ2) is 7.39. The van der Waals surface area contributed by atoms with Crippen LogP contribution in [0.5, 0.6) is 0 Å². The molecule has 0 spiro atoms. The lowest BCUT2D eigenvalue weighted by Gasteiger charge is -2.27. The Labute approximate surface area is 122 Å². The summed E-state index contributed by atoms with van der Waals surface area (Å²) in [4.78, 5) is 13.6. The van der Waals surface area contributed by atoms with Crippen LogP contribution in [0, 0.1) is 20.8 Å². The number of halogens is 1. The van der Waals surface area contributed by atoms with Gasteiger partial charge in [0.2, 0.25) is 5.91 Å². The van der Waals surface area contributed by atoms with E-state index in [9.17, 15) is 4.79 Å². The standard InChI is InChI=1S/C15H24N2O.ClH/c1-7-17(8-2)15-11(4)9-10(3)14(12(15)5)16-13(6)18;/h9H,7-8H2,1-6H3,(H,16,18);1H. The van der Waals surface area contributed by atoms with Crippen LogP contribution in [0.2, 0.25) is 0 Å². The van der Waals surface area contributed by atoms with Crippen molar-refractivity contribution in [2.75, 3.05) is 23.3 Å². The molecule has 0 aliphatic rings. The molecule has 1 rings (SSSR count). The van der Waals surface area contributed by atoms with Crippen LogP contribution in [-0.2, 0) is 4.79 Å². The van der Waals surface area contributed by atoms with Crippen molar-refractivity contribution >= 4 is 29.7 Å². The highest BCUT2D eigenvalue weighted by molar-refractivity contribution is 5.92. The summed E-state index contributed by atoms with van der Waals surface area (Å²) in [5.41, 5.74) is 5.75. The zero-order valence-corrected chi connectivity index (χ0v) is 13.6. The van der Waals surface area contributed by atoms with Gasteiger partial charge in [-0.1, -0.05) is 6.07 Å².